The molecule has 0 aromatic rings. The highest BCUT2D eigenvalue weighted by atomic mass is 16.5. The van der Waals surface area contributed by atoms with Crippen molar-refractivity contribution in [2.75, 3.05) is 19.8 Å². The van der Waals surface area contributed by atoms with E-state index in [0.717, 1.165) is 38.5 Å². The van der Waals surface area contributed by atoms with E-state index >= 15 is 0 Å². The number of nitrogens with one attached hydrogen (secondary N) is 2. The Bertz CT molecular complexity index is 429. The van der Waals surface area contributed by atoms with Crippen molar-refractivity contribution >= 4 is 17.6 Å². The Morgan fingerprint density at radius 3 is 2.22 bits per heavy atom. The highest BCUT2D eigenvalue weighted by molar-refractivity contribution is 5.81. The summed E-state index contributed by atoms with van der Waals surface area (Å²) in [5.41, 5.74) is 0. The fourth-order valence-corrected chi connectivity index (χ4v) is 3.10. The molecule has 1 fully saturated rings. The SMILES string of the molecule is CC.CCCCC(=O)NCCOCCC(=O)NC1CCC(C(=O)CC)CC1.[HH].[HH]. The molecule has 6 heteroatoms. The van der Waals surface area contributed by atoms with E-state index < -0.39 is 0 Å². The first-order valence-corrected chi connectivity index (χ1v) is 10.7. The number of carbonyl (C=O) groups is 3. The van der Waals surface area contributed by atoms with Crippen LogP contribution in [0.15, 0.2) is 0 Å². The fraction of sp³-hybridized carbons (Fsp3) is 0.857. The number of ketones is 1. The van der Waals surface area contributed by atoms with Gasteiger partial charge in [-0.25, -0.2) is 0 Å². The number of unbranched alkanes of at least 4 members (excludes halogenated alkanes) is 1. The molecule has 0 aromatic carbocycles. The maximum atomic E-state index is 11.9. The molecule has 2 N–H and O–H groups in total. The maximum Gasteiger partial charge on any atom is 0.222 e. The number of Topliss-reactive ketones (excluding diaryl/α,β-unsaturated/α-hetero) is 1. The first-order chi connectivity index (χ1) is 13.1. The van der Waals surface area contributed by atoms with Crippen molar-refractivity contribution in [3.05, 3.63) is 0 Å². The predicted molar refractivity (Wildman–Crippen MR) is 113 cm³/mol. The van der Waals surface area contributed by atoms with Crippen molar-refractivity contribution in [1.82, 2.24) is 10.6 Å². The van der Waals surface area contributed by atoms with E-state index in [1.807, 2.05) is 20.8 Å². The standard InChI is InChI=1S/C19H34N2O4.C2H6.2H2/c1-3-5-6-18(23)20-12-14-25-13-11-19(24)21-16-9-7-15(8-10-16)17(22)4-2;1-2;;/h15-16H,3-14H2,1-2H3,(H,20,23)(H,21,24);1-2H3;2*1H. The van der Waals surface area contributed by atoms with Gasteiger partial charge in [-0.2, -0.15) is 0 Å². The molecule has 0 bridgehead atoms. The topological polar surface area (TPSA) is 84.5 Å². The van der Waals surface area contributed by atoms with Gasteiger partial charge in [-0.1, -0.05) is 34.1 Å². The van der Waals surface area contributed by atoms with E-state index in [2.05, 4.69) is 17.6 Å². The highest BCUT2D eigenvalue weighted by Crippen LogP contribution is 2.25. The number of rotatable bonds is 12. The Morgan fingerprint density at radius 1 is 0.963 bits per heavy atom. The van der Waals surface area contributed by atoms with Crippen LogP contribution in [0.3, 0.4) is 0 Å². The molecule has 27 heavy (non-hydrogen) atoms. The summed E-state index contributed by atoms with van der Waals surface area (Å²) in [4.78, 5) is 35.0. The minimum Gasteiger partial charge on any atom is -0.379 e. The minimum atomic E-state index is -0.00255. The monoisotopic (exact) mass is 388 g/mol. The van der Waals surface area contributed by atoms with Crippen molar-refractivity contribution in [3.8, 4) is 0 Å². The van der Waals surface area contributed by atoms with E-state index in [4.69, 9.17) is 4.74 Å². The van der Waals surface area contributed by atoms with Gasteiger partial charge in [0.05, 0.1) is 13.2 Å². The van der Waals surface area contributed by atoms with Crippen LogP contribution in [0.5, 0.6) is 0 Å². The van der Waals surface area contributed by atoms with Crippen molar-refractivity contribution in [3.63, 3.8) is 0 Å². The van der Waals surface area contributed by atoms with Crippen molar-refractivity contribution in [1.29, 1.82) is 0 Å². The van der Waals surface area contributed by atoms with Crippen LogP contribution < -0.4 is 10.6 Å². The van der Waals surface area contributed by atoms with Crippen LogP contribution in [0.2, 0.25) is 0 Å². The molecule has 1 aliphatic carbocycles. The molecule has 0 aromatic heterocycles. The van der Waals surface area contributed by atoms with E-state index in [9.17, 15) is 14.4 Å². The molecular formula is C21H44N2O4. The molecule has 0 heterocycles. The molecule has 162 valence electrons. The Morgan fingerprint density at radius 2 is 1.63 bits per heavy atom. The third-order valence-electron chi connectivity index (χ3n) is 4.70. The van der Waals surface area contributed by atoms with Crippen LogP contribution in [0.1, 0.15) is 88.3 Å². The third-order valence-corrected chi connectivity index (χ3v) is 4.70. The summed E-state index contributed by atoms with van der Waals surface area (Å²) in [5, 5.41) is 5.83. The Labute approximate surface area is 168 Å². The normalized spacial score (nSPS) is 18.8. The molecule has 1 saturated carbocycles. The molecule has 0 spiro atoms. The van der Waals surface area contributed by atoms with Gasteiger partial charge >= 0.3 is 0 Å². The second kappa shape index (κ2) is 16.7. The predicted octanol–water partition coefficient (Wildman–Crippen LogP) is 3.87. The second-order valence-corrected chi connectivity index (χ2v) is 6.75. The lowest BCUT2D eigenvalue weighted by atomic mass is 9.83. The zero-order valence-corrected chi connectivity index (χ0v) is 17.8. The van der Waals surface area contributed by atoms with Gasteiger partial charge in [0.25, 0.3) is 0 Å². The largest absolute Gasteiger partial charge is 0.379 e. The van der Waals surface area contributed by atoms with Crippen LogP contribution in [-0.2, 0) is 19.1 Å². The van der Waals surface area contributed by atoms with Crippen molar-refractivity contribution in [2.45, 2.75) is 91.5 Å². The van der Waals surface area contributed by atoms with Gasteiger partial charge in [0.15, 0.2) is 0 Å². The average molecular weight is 389 g/mol. The quantitative estimate of drug-likeness (QED) is 0.497. The Balaban J connectivity index is -0.00000163. The van der Waals surface area contributed by atoms with E-state index in [-0.39, 0.29) is 26.6 Å². The van der Waals surface area contributed by atoms with Gasteiger partial charge in [0.2, 0.25) is 11.8 Å². The number of amides is 2. The van der Waals surface area contributed by atoms with Crippen LogP contribution in [-0.4, -0.2) is 43.4 Å². The van der Waals surface area contributed by atoms with E-state index in [1.54, 1.807) is 0 Å². The number of hydrogen-bond donors (Lipinski definition) is 2. The molecule has 0 atom stereocenters. The molecular weight excluding hydrogens is 344 g/mol. The zero-order valence-electron chi connectivity index (χ0n) is 17.8. The smallest absolute Gasteiger partial charge is 0.222 e. The second-order valence-electron chi connectivity index (χ2n) is 6.75. The summed E-state index contributed by atoms with van der Waals surface area (Å²) in [6.07, 6.45) is 6.94. The lowest BCUT2D eigenvalue weighted by Crippen LogP contribution is -2.39. The fourth-order valence-electron chi connectivity index (χ4n) is 3.10. The van der Waals surface area contributed by atoms with Gasteiger partial charge in [0.1, 0.15) is 5.78 Å². The summed E-state index contributed by atoms with van der Waals surface area (Å²) in [7, 11) is 0. The van der Waals surface area contributed by atoms with Gasteiger partial charge in [-0.15, -0.1) is 0 Å². The summed E-state index contributed by atoms with van der Waals surface area (Å²) >= 11 is 0. The number of ether oxygens (including phenoxy) is 1. The molecule has 1 rings (SSSR count). The van der Waals surface area contributed by atoms with Gasteiger partial charge in [-0.3, -0.25) is 14.4 Å². The van der Waals surface area contributed by atoms with Crippen LogP contribution in [0.4, 0.5) is 0 Å². The van der Waals surface area contributed by atoms with Crippen molar-refractivity contribution in [2.24, 2.45) is 5.92 Å². The minimum absolute atomic E-state index is 0. The summed E-state index contributed by atoms with van der Waals surface area (Å²) in [5.74, 6) is 0.589. The molecule has 0 radical (unpaired) electrons. The lowest BCUT2D eigenvalue weighted by Gasteiger charge is -2.28. The average Bonchev–Trinajstić information content (AvgIpc) is 2.70. The lowest BCUT2D eigenvalue weighted by molar-refractivity contribution is -0.125. The molecule has 6 nitrogen and oxygen atoms in total. The van der Waals surface area contributed by atoms with E-state index in [0.29, 0.717) is 44.8 Å². The first kappa shape index (κ1) is 25.6. The Kier molecular flexibility index (Phi) is 15.8. The molecule has 0 saturated heterocycles. The summed E-state index contributed by atoms with van der Waals surface area (Å²) in [6.45, 7) is 9.24. The number of hydrogen-bond acceptors (Lipinski definition) is 4. The highest BCUT2D eigenvalue weighted by Gasteiger charge is 2.25. The van der Waals surface area contributed by atoms with Crippen molar-refractivity contribution < 1.29 is 22.0 Å². The van der Waals surface area contributed by atoms with Crippen LogP contribution >= 0.6 is 0 Å². The molecule has 1 aliphatic rings. The molecule has 0 unspecified atom stereocenters. The van der Waals surface area contributed by atoms with E-state index in [1.165, 1.54) is 0 Å². The van der Waals surface area contributed by atoms with Crippen LogP contribution in [0, 0.1) is 5.92 Å². The summed E-state index contributed by atoms with van der Waals surface area (Å²) in [6, 6.07) is 0.186. The van der Waals surface area contributed by atoms with Gasteiger partial charge in [-0.05, 0) is 32.1 Å². The third kappa shape index (κ3) is 12.6. The van der Waals surface area contributed by atoms with Crippen LogP contribution in [0.25, 0.3) is 0 Å². The number of carbonyl (C=O) groups excluding carboxylic acids is 3. The molecule has 2 amide bonds. The molecule has 0 aliphatic heterocycles. The first-order valence-electron chi connectivity index (χ1n) is 10.7. The Hall–Kier alpha value is -1.43. The summed E-state index contributed by atoms with van der Waals surface area (Å²) < 4.78 is 5.39. The zero-order chi connectivity index (χ0) is 20.5. The van der Waals surface area contributed by atoms with Gasteiger partial charge < -0.3 is 15.4 Å². The maximum absolute atomic E-state index is 11.9. The van der Waals surface area contributed by atoms with Gasteiger partial charge in [0, 0.05) is 40.6 Å².